The zero-order valence-corrected chi connectivity index (χ0v) is 11.4. The minimum atomic E-state index is -0.473. The second kappa shape index (κ2) is 3.48. The van der Waals surface area contributed by atoms with Crippen LogP contribution in [0.25, 0.3) is 9.40 Å². The molecule has 7 heteroatoms. The quantitative estimate of drug-likeness (QED) is 0.824. The fourth-order valence-corrected chi connectivity index (χ4v) is 5.18. The smallest absolute Gasteiger partial charge is 0.260 e. The Labute approximate surface area is 104 Å². The van der Waals surface area contributed by atoms with E-state index in [0.29, 0.717) is 10.6 Å². The Morgan fingerprint density at radius 3 is 2.43 bits per heavy atom. The highest BCUT2D eigenvalue weighted by Crippen LogP contribution is 2.47. The molecule has 14 heavy (non-hydrogen) atoms. The lowest BCUT2D eigenvalue weighted by molar-refractivity contribution is 0.100. The normalized spacial score (nSPS) is 11.0. The molecule has 0 fully saturated rings. The second-order valence-electron chi connectivity index (χ2n) is 2.56. The minimum absolute atomic E-state index is 0.430. The van der Waals surface area contributed by atoms with Gasteiger partial charge >= 0.3 is 0 Å². The third kappa shape index (κ3) is 1.39. The fraction of sp³-hybridized carbons (Fsp3) is 0. The van der Waals surface area contributed by atoms with E-state index in [1.807, 2.05) is 0 Å². The van der Waals surface area contributed by atoms with Crippen molar-refractivity contribution in [2.75, 3.05) is 5.73 Å². The number of rotatable bonds is 1. The largest absolute Gasteiger partial charge is 0.397 e. The van der Waals surface area contributed by atoms with Crippen LogP contribution in [-0.4, -0.2) is 5.91 Å². The Balaban J connectivity index is 2.84. The van der Waals surface area contributed by atoms with Crippen LogP contribution in [0.15, 0.2) is 8.26 Å². The van der Waals surface area contributed by atoms with Crippen LogP contribution in [0.4, 0.5) is 5.69 Å². The first-order valence-corrected chi connectivity index (χ1v) is 6.69. The molecule has 2 rings (SSSR count). The van der Waals surface area contributed by atoms with Crippen LogP contribution >= 0.6 is 54.5 Å². The molecule has 0 radical (unpaired) electrons. The molecule has 0 atom stereocenters. The monoisotopic (exact) mass is 354 g/mol. The van der Waals surface area contributed by atoms with Crippen LogP contribution in [0.2, 0.25) is 0 Å². The summed E-state index contributed by atoms with van der Waals surface area (Å²) in [6.45, 7) is 0. The van der Waals surface area contributed by atoms with E-state index in [4.69, 9.17) is 11.5 Å². The lowest BCUT2D eigenvalue weighted by Crippen LogP contribution is -2.10. The Hall–Kier alpha value is -0.110. The Morgan fingerprint density at radius 2 is 1.93 bits per heavy atom. The molecule has 2 aromatic rings. The molecule has 0 aliphatic rings. The highest BCUT2D eigenvalue weighted by molar-refractivity contribution is 9.13. The molecular formula is C7H4Br2N2OS2. The highest BCUT2D eigenvalue weighted by atomic mass is 79.9. The summed E-state index contributed by atoms with van der Waals surface area (Å²) in [5, 5.41) is 0.876. The Morgan fingerprint density at radius 1 is 1.29 bits per heavy atom. The summed E-state index contributed by atoms with van der Waals surface area (Å²) in [4.78, 5) is 11.4. The van der Waals surface area contributed by atoms with Crippen molar-refractivity contribution in [1.29, 1.82) is 0 Å². The number of halogens is 2. The number of fused-ring (bicyclic) bond motifs is 1. The van der Waals surface area contributed by atoms with E-state index in [1.54, 1.807) is 0 Å². The van der Waals surface area contributed by atoms with Gasteiger partial charge in [0.2, 0.25) is 0 Å². The first-order valence-electron chi connectivity index (χ1n) is 3.48. The zero-order chi connectivity index (χ0) is 10.5. The van der Waals surface area contributed by atoms with E-state index in [-0.39, 0.29) is 0 Å². The first-order chi connectivity index (χ1) is 6.52. The third-order valence-corrected chi connectivity index (χ3v) is 6.47. The predicted octanol–water partition coefficient (Wildman–Crippen LogP) is 3.17. The average Bonchev–Trinajstić information content (AvgIpc) is 2.54. The summed E-state index contributed by atoms with van der Waals surface area (Å²) in [6.07, 6.45) is 0. The van der Waals surface area contributed by atoms with Crippen molar-refractivity contribution in [2.24, 2.45) is 5.73 Å². The number of hydrogen-bond donors (Lipinski definition) is 2. The fourth-order valence-electron chi connectivity index (χ4n) is 1.11. The van der Waals surface area contributed by atoms with Crippen LogP contribution in [0.3, 0.4) is 0 Å². The number of carbonyl (C=O) groups is 1. The van der Waals surface area contributed by atoms with Gasteiger partial charge in [-0.05, 0) is 31.9 Å². The summed E-state index contributed by atoms with van der Waals surface area (Å²) in [6, 6.07) is 0. The molecule has 2 aromatic heterocycles. The maximum Gasteiger partial charge on any atom is 0.260 e. The van der Waals surface area contributed by atoms with Crippen molar-refractivity contribution in [3.63, 3.8) is 0 Å². The van der Waals surface area contributed by atoms with Gasteiger partial charge in [-0.25, -0.2) is 0 Å². The van der Waals surface area contributed by atoms with Crippen molar-refractivity contribution in [3.05, 3.63) is 13.1 Å². The van der Waals surface area contributed by atoms with Crippen molar-refractivity contribution in [1.82, 2.24) is 0 Å². The van der Waals surface area contributed by atoms with Gasteiger partial charge in [-0.2, -0.15) is 0 Å². The molecule has 0 aromatic carbocycles. The molecule has 0 aliphatic heterocycles. The molecule has 3 nitrogen and oxygen atoms in total. The van der Waals surface area contributed by atoms with Gasteiger partial charge in [0.1, 0.15) is 4.88 Å². The van der Waals surface area contributed by atoms with Gasteiger partial charge in [-0.15, -0.1) is 22.7 Å². The number of primary amides is 1. The standard InChI is InChI=1S/C7H4Br2N2OS2/c8-2-1-3(10)4(6(11)12)13-7(1)14-5(2)9/h10H2,(H2,11,12). The molecule has 0 saturated carbocycles. The molecule has 74 valence electrons. The number of hydrogen-bond acceptors (Lipinski definition) is 4. The van der Waals surface area contributed by atoms with Crippen LogP contribution in [0.5, 0.6) is 0 Å². The van der Waals surface area contributed by atoms with Gasteiger partial charge in [0.15, 0.2) is 0 Å². The van der Waals surface area contributed by atoms with Gasteiger partial charge < -0.3 is 11.5 Å². The molecule has 0 unspecified atom stereocenters. The zero-order valence-electron chi connectivity index (χ0n) is 6.64. The van der Waals surface area contributed by atoms with E-state index in [2.05, 4.69) is 31.9 Å². The van der Waals surface area contributed by atoms with Gasteiger partial charge in [-0.1, -0.05) is 0 Å². The molecule has 0 saturated heterocycles. The number of carbonyl (C=O) groups excluding carboxylic acids is 1. The topological polar surface area (TPSA) is 69.1 Å². The van der Waals surface area contributed by atoms with Gasteiger partial charge in [-0.3, -0.25) is 4.79 Å². The summed E-state index contributed by atoms with van der Waals surface area (Å²) < 4.78 is 2.86. The summed E-state index contributed by atoms with van der Waals surface area (Å²) in [5.74, 6) is -0.473. The highest BCUT2D eigenvalue weighted by Gasteiger charge is 2.19. The summed E-state index contributed by atoms with van der Waals surface area (Å²) in [5.41, 5.74) is 11.5. The van der Waals surface area contributed by atoms with Crippen molar-refractivity contribution in [2.45, 2.75) is 0 Å². The average molecular weight is 356 g/mol. The van der Waals surface area contributed by atoms with E-state index >= 15 is 0 Å². The van der Waals surface area contributed by atoms with Gasteiger partial charge in [0, 0.05) is 5.39 Å². The molecule has 0 bridgehead atoms. The number of thiophene rings is 2. The SMILES string of the molecule is NC(=O)c1sc2sc(Br)c(Br)c2c1N. The maximum absolute atomic E-state index is 11.0. The van der Waals surface area contributed by atoms with Crippen molar-refractivity contribution in [3.8, 4) is 0 Å². The van der Waals surface area contributed by atoms with Crippen molar-refractivity contribution >= 4 is 75.5 Å². The molecule has 4 N–H and O–H groups in total. The first kappa shape index (κ1) is 10.4. The third-order valence-electron chi connectivity index (χ3n) is 1.71. The predicted molar refractivity (Wildman–Crippen MR) is 68.0 cm³/mol. The number of nitrogens with two attached hydrogens (primary N) is 2. The van der Waals surface area contributed by atoms with E-state index in [0.717, 1.165) is 17.7 Å². The molecule has 0 spiro atoms. The minimum Gasteiger partial charge on any atom is -0.397 e. The lowest BCUT2D eigenvalue weighted by Gasteiger charge is -1.92. The summed E-state index contributed by atoms with van der Waals surface area (Å²) in [7, 11) is 0. The Kier molecular flexibility index (Phi) is 2.59. The van der Waals surface area contributed by atoms with Crippen LogP contribution < -0.4 is 11.5 Å². The molecule has 0 aliphatic carbocycles. The lowest BCUT2D eigenvalue weighted by atomic mass is 10.3. The molecule has 2 heterocycles. The van der Waals surface area contributed by atoms with E-state index < -0.39 is 5.91 Å². The molecular weight excluding hydrogens is 352 g/mol. The van der Waals surface area contributed by atoms with Crippen LogP contribution in [-0.2, 0) is 0 Å². The van der Waals surface area contributed by atoms with Gasteiger partial charge in [0.05, 0.1) is 18.0 Å². The maximum atomic E-state index is 11.0. The van der Waals surface area contributed by atoms with Gasteiger partial charge in [0.25, 0.3) is 5.91 Å². The van der Waals surface area contributed by atoms with Crippen LogP contribution in [0, 0.1) is 0 Å². The number of amides is 1. The van der Waals surface area contributed by atoms with Crippen molar-refractivity contribution < 1.29 is 4.79 Å². The second-order valence-corrected chi connectivity index (χ2v) is 6.97. The Bertz CT molecular complexity index is 531. The molecule has 1 amide bonds. The number of nitrogen functional groups attached to an aromatic ring is 1. The van der Waals surface area contributed by atoms with Crippen LogP contribution in [0.1, 0.15) is 9.67 Å². The summed E-state index contributed by atoms with van der Waals surface area (Å²) >= 11 is 9.65. The van der Waals surface area contributed by atoms with E-state index in [9.17, 15) is 4.79 Å². The number of anilines is 1. The van der Waals surface area contributed by atoms with E-state index in [1.165, 1.54) is 22.7 Å².